The molecule has 1 aliphatic carbocycles. The predicted octanol–water partition coefficient (Wildman–Crippen LogP) is 0.669. The summed E-state index contributed by atoms with van der Waals surface area (Å²) in [6.07, 6.45) is 5.71. The molecule has 2 atom stereocenters. The number of amides is 1. The summed E-state index contributed by atoms with van der Waals surface area (Å²) in [6.45, 7) is 0.536. The molecule has 0 aromatic rings. The van der Waals surface area contributed by atoms with Gasteiger partial charge in [-0.25, -0.2) is 12.7 Å². The van der Waals surface area contributed by atoms with E-state index in [0.717, 1.165) is 25.7 Å². The number of hydrogen-bond donors (Lipinski definition) is 0. The number of sulfonamides is 1. The number of hydrogen-bond acceptors (Lipinski definition) is 3. The van der Waals surface area contributed by atoms with Crippen molar-refractivity contribution in [2.45, 2.75) is 38.1 Å². The Kier molecular flexibility index (Phi) is 3.44. The van der Waals surface area contributed by atoms with E-state index in [1.807, 2.05) is 11.9 Å². The highest BCUT2D eigenvalue weighted by Gasteiger charge is 2.50. The Hall–Kier alpha value is -0.620. The quantitative estimate of drug-likeness (QED) is 0.760. The van der Waals surface area contributed by atoms with Crippen molar-refractivity contribution >= 4 is 15.9 Å². The average molecular weight is 274 g/mol. The molecule has 5 nitrogen and oxygen atoms in total. The third-order valence-corrected chi connectivity index (χ3v) is 5.92. The van der Waals surface area contributed by atoms with Crippen molar-refractivity contribution < 1.29 is 13.2 Å². The molecule has 2 aliphatic rings. The van der Waals surface area contributed by atoms with Crippen LogP contribution >= 0.6 is 0 Å². The average Bonchev–Trinajstić information content (AvgIpc) is 2.67. The van der Waals surface area contributed by atoms with Crippen LogP contribution in [0.25, 0.3) is 0 Å². The number of carbonyl (C=O) groups is 1. The van der Waals surface area contributed by atoms with Gasteiger partial charge in [-0.2, -0.15) is 0 Å². The second kappa shape index (κ2) is 4.49. The summed E-state index contributed by atoms with van der Waals surface area (Å²) in [5.41, 5.74) is -0.0273. The van der Waals surface area contributed by atoms with E-state index in [4.69, 9.17) is 0 Å². The standard InChI is InChI=1S/C12H22N2O3S/c1-13(18(3,16)17)9-12-7-4-5-10(12)14(2)11(15)6-8-12/h10H,4-9H2,1-3H3/t10-,12+/m1/s1. The molecule has 6 heteroatoms. The smallest absolute Gasteiger partial charge is 0.222 e. The molecular weight excluding hydrogens is 252 g/mol. The van der Waals surface area contributed by atoms with Gasteiger partial charge in [-0.15, -0.1) is 0 Å². The van der Waals surface area contributed by atoms with Crippen LogP contribution in [0.15, 0.2) is 0 Å². The van der Waals surface area contributed by atoms with Crippen molar-refractivity contribution in [2.24, 2.45) is 5.41 Å². The van der Waals surface area contributed by atoms with Crippen LogP contribution in [0.5, 0.6) is 0 Å². The Bertz CT molecular complexity index is 448. The van der Waals surface area contributed by atoms with Gasteiger partial charge in [0, 0.05) is 38.5 Å². The molecule has 104 valence electrons. The Morgan fingerprint density at radius 2 is 2.11 bits per heavy atom. The minimum atomic E-state index is -3.15. The molecule has 0 spiro atoms. The van der Waals surface area contributed by atoms with E-state index >= 15 is 0 Å². The number of fused-ring (bicyclic) bond motifs is 1. The monoisotopic (exact) mass is 274 g/mol. The van der Waals surface area contributed by atoms with E-state index in [-0.39, 0.29) is 17.4 Å². The highest BCUT2D eigenvalue weighted by molar-refractivity contribution is 7.88. The highest BCUT2D eigenvalue weighted by Crippen LogP contribution is 2.48. The molecule has 0 N–H and O–H groups in total. The van der Waals surface area contributed by atoms with Gasteiger partial charge in [0.2, 0.25) is 15.9 Å². The normalized spacial score (nSPS) is 33.0. The number of likely N-dealkylation sites (tertiary alicyclic amines) is 1. The lowest BCUT2D eigenvalue weighted by molar-refractivity contribution is -0.139. The molecule has 2 rings (SSSR count). The van der Waals surface area contributed by atoms with Crippen molar-refractivity contribution in [2.75, 3.05) is 26.9 Å². The summed E-state index contributed by atoms with van der Waals surface area (Å²) in [5, 5.41) is 0. The summed E-state index contributed by atoms with van der Waals surface area (Å²) < 4.78 is 24.6. The SMILES string of the molecule is CN1C(=O)CC[C@]2(CN(C)S(C)(=O)=O)CCC[C@@H]12. The topological polar surface area (TPSA) is 57.7 Å². The molecule has 1 heterocycles. The van der Waals surface area contributed by atoms with Crippen molar-refractivity contribution in [1.82, 2.24) is 9.21 Å². The summed E-state index contributed by atoms with van der Waals surface area (Å²) in [7, 11) is 0.341. The van der Waals surface area contributed by atoms with Crippen LogP contribution in [-0.2, 0) is 14.8 Å². The van der Waals surface area contributed by atoms with Crippen LogP contribution in [0.3, 0.4) is 0 Å². The summed E-state index contributed by atoms with van der Waals surface area (Å²) in [6, 6.07) is 0.211. The van der Waals surface area contributed by atoms with Gasteiger partial charge in [0.1, 0.15) is 0 Å². The van der Waals surface area contributed by atoms with Gasteiger partial charge >= 0.3 is 0 Å². The molecule has 18 heavy (non-hydrogen) atoms. The van der Waals surface area contributed by atoms with E-state index in [1.165, 1.54) is 10.6 Å². The van der Waals surface area contributed by atoms with Crippen molar-refractivity contribution in [1.29, 1.82) is 0 Å². The minimum Gasteiger partial charge on any atom is -0.342 e. The largest absolute Gasteiger partial charge is 0.342 e. The fraction of sp³-hybridized carbons (Fsp3) is 0.917. The predicted molar refractivity (Wildman–Crippen MR) is 69.5 cm³/mol. The zero-order valence-electron chi connectivity index (χ0n) is 11.3. The number of carbonyl (C=O) groups excluding carboxylic acids is 1. The molecule has 0 aromatic carbocycles. The lowest BCUT2D eigenvalue weighted by Crippen LogP contribution is -2.54. The molecule has 1 saturated carbocycles. The zero-order valence-corrected chi connectivity index (χ0v) is 12.2. The lowest BCUT2D eigenvalue weighted by atomic mass is 9.75. The first kappa shape index (κ1) is 13.8. The van der Waals surface area contributed by atoms with Gasteiger partial charge in [0.25, 0.3) is 0 Å². The van der Waals surface area contributed by atoms with E-state index in [2.05, 4.69) is 0 Å². The second-order valence-corrected chi connectivity index (χ2v) is 7.88. The van der Waals surface area contributed by atoms with Crippen LogP contribution in [-0.4, -0.2) is 56.5 Å². The third kappa shape index (κ3) is 2.28. The second-order valence-electron chi connectivity index (χ2n) is 5.79. The van der Waals surface area contributed by atoms with Crippen molar-refractivity contribution in [3.63, 3.8) is 0 Å². The Balaban J connectivity index is 2.21. The Morgan fingerprint density at radius 3 is 2.72 bits per heavy atom. The number of nitrogens with zero attached hydrogens (tertiary/aromatic N) is 2. The molecular formula is C12H22N2O3S. The first-order valence-corrected chi connectivity index (χ1v) is 8.28. The van der Waals surface area contributed by atoms with Gasteiger partial charge < -0.3 is 4.90 Å². The number of rotatable bonds is 3. The van der Waals surface area contributed by atoms with E-state index < -0.39 is 10.0 Å². The first-order valence-electron chi connectivity index (χ1n) is 6.43. The van der Waals surface area contributed by atoms with Gasteiger partial charge in [-0.1, -0.05) is 6.42 Å². The molecule has 1 saturated heterocycles. The van der Waals surface area contributed by atoms with Crippen molar-refractivity contribution in [3.8, 4) is 0 Å². The minimum absolute atomic E-state index is 0.0273. The van der Waals surface area contributed by atoms with E-state index in [9.17, 15) is 13.2 Å². The molecule has 0 aromatic heterocycles. The Morgan fingerprint density at radius 1 is 1.44 bits per heavy atom. The Labute approximate surface area is 109 Å². The maximum absolute atomic E-state index is 11.8. The van der Waals surface area contributed by atoms with Crippen LogP contribution in [0.1, 0.15) is 32.1 Å². The molecule has 1 aliphatic heterocycles. The van der Waals surface area contributed by atoms with Gasteiger partial charge in [-0.05, 0) is 19.3 Å². The molecule has 0 bridgehead atoms. The van der Waals surface area contributed by atoms with Crippen LogP contribution in [0, 0.1) is 5.41 Å². The summed E-state index contributed by atoms with van der Waals surface area (Å²) in [4.78, 5) is 13.6. The van der Waals surface area contributed by atoms with Gasteiger partial charge in [-0.3, -0.25) is 4.79 Å². The van der Waals surface area contributed by atoms with Crippen LogP contribution in [0.4, 0.5) is 0 Å². The molecule has 0 radical (unpaired) electrons. The summed E-state index contributed by atoms with van der Waals surface area (Å²) >= 11 is 0. The van der Waals surface area contributed by atoms with Gasteiger partial charge in [0.05, 0.1) is 6.26 Å². The lowest BCUT2D eigenvalue weighted by Gasteiger charge is -2.46. The fourth-order valence-electron chi connectivity index (χ4n) is 3.55. The van der Waals surface area contributed by atoms with Gasteiger partial charge in [0.15, 0.2) is 0 Å². The summed E-state index contributed by atoms with van der Waals surface area (Å²) in [5.74, 6) is 0.194. The fourth-order valence-corrected chi connectivity index (χ4v) is 4.04. The molecule has 0 unspecified atom stereocenters. The number of piperidine rings is 1. The molecule has 2 fully saturated rings. The first-order chi connectivity index (χ1) is 8.26. The maximum atomic E-state index is 11.8. The van der Waals surface area contributed by atoms with E-state index in [0.29, 0.717) is 13.0 Å². The van der Waals surface area contributed by atoms with Crippen molar-refractivity contribution in [3.05, 3.63) is 0 Å². The molecule has 1 amide bonds. The van der Waals surface area contributed by atoms with Crippen LogP contribution < -0.4 is 0 Å². The zero-order chi connectivity index (χ0) is 13.6. The highest BCUT2D eigenvalue weighted by atomic mass is 32.2. The maximum Gasteiger partial charge on any atom is 0.222 e. The third-order valence-electron chi connectivity index (χ3n) is 4.66. The van der Waals surface area contributed by atoms with Crippen LogP contribution in [0.2, 0.25) is 0 Å². The van der Waals surface area contributed by atoms with E-state index in [1.54, 1.807) is 7.05 Å².